The van der Waals surface area contributed by atoms with E-state index in [9.17, 15) is 9.59 Å². The average molecular weight is 364 g/mol. The molecule has 0 N–H and O–H groups in total. The lowest BCUT2D eigenvalue weighted by Gasteiger charge is -2.37. The predicted molar refractivity (Wildman–Crippen MR) is 104 cm³/mol. The number of rotatable bonds is 3. The van der Waals surface area contributed by atoms with Crippen molar-refractivity contribution < 1.29 is 9.59 Å². The molecule has 5 heteroatoms. The molecule has 3 saturated heterocycles. The van der Waals surface area contributed by atoms with E-state index in [-0.39, 0.29) is 11.8 Å². The van der Waals surface area contributed by atoms with Crippen LogP contribution < -0.4 is 0 Å². The van der Waals surface area contributed by atoms with Gasteiger partial charge in [0.1, 0.15) is 0 Å². The van der Waals surface area contributed by atoms with Crippen molar-refractivity contribution in [3.05, 3.63) is 0 Å². The average Bonchev–Trinajstić information content (AvgIpc) is 2.63. The molecule has 0 bridgehead atoms. The van der Waals surface area contributed by atoms with Gasteiger partial charge in [-0.2, -0.15) is 0 Å². The second-order valence-electron chi connectivity index (χ2n) is 8.73. The molecule has 1 atom stereocenters. The molecule has 3 rings (SSSR count). The molecule has 3 aliphatic rings. The molecule has 0 aromatic heterocycles. The first kappa shape index (κ1) is 19.7. The van der Waals surface area contributed by atoms with Crippen LogP contribution >= 0.6 is 0 Å². The van der Waals surface area contributed by atoms with Crippen LogP contribution in [0.1, 0.15) is 64.7 Å². The summed E-state index contributed by atoms with van der Waals surface area (Å²) in [5.74, 6) is 1.37. The van der Waals surface area contributed by atoms with Crippen molar-refractivity contribution in [2.24, 2.45) is 11.8 Å². The summed E-state index contributed by atoms with van der Waals surface area (Å²) in [5, 5.41) is 0. The topological polar surface area (TPSA) is 43.9 Å². The second kappa shape index (κ2) is 9.72. The third-order valence-corrected chi connectivity index (χ3v) is 6.47. The first-order valence-electron chi connectivity index (χ1n) is 10.9. The maximum absolute atomic E-state index is 12.8. The fourth-order valence-electron chi connectivity index (χ4n) is 4.79. The van der Waals surface area contributed by atoms with Crippen LogP contribution in [0.3, 0.4) is 0 Å². The van der Waals surface area contributed by atoms with Gasteiger partial charge < -0.3 is 9.80 Å². The van der Waals surface area contributed by atoms with Crippen LogP contribution in [-0.2, 0) is 9.59 Å². The van der Waals surface area contributed by atoms with E-state index in [0.717, 1.165) is 58.5 Å². The van der Waals surface area contributed by atoms with Crippen LogP contribution in [0.25, 0.3) is 0 Å². The summed E-state index contributed by atoms with van der Waals surface area (Å²) in [4.78, 5) is 31.9. The summed E-state index contributed by atoms with van der Waals surface area (Å²) < 4.78 is 0. The molecule has 3 heterocycles. The Bertz CT molecular complexity index is 466. The summed E-state index contributed by atoms with van der Waals surface area (Å²) in [6.07, 6.45) is 10.5. The summed E-state index contributed by atoms with van der Waals surface area (Å²) >= 11 is 0. The van der Waals surface area contributed by atoms with Gasteiger partial charge in [0.2, 0.25) is 11.8 Å². The number of piperidine rings is 2. The van der Waals surface area contributed by atoms with Crippen molar-refractivity contribution in [2.45, 2.75) is 64.7 Å². The largest absolute Gasteiger partial charge is 0.342 e. The molecule has 3 fully saturated rings. The summed E-state index contributed by atoms with van der Waals surface area (Å²) in [6.45, 7) is 8.30. The summed E-state index contributed by atoms with van der Waals surface area (Å²) in [7, 11) is 0. The molecule has 148 valence electrons. The van der Waals surface area contributed by atoms with E-state index in [4.69, 9.17) is 0 Å². The Hall–Kier alpha value is -1.10. The zero-order chi connectivity index (χ0) is 18.4. The van der Waals surface area contributed by atoms with E-state index in [2.05, 4.69) is 16.7 Å². The molecule has 0 aromatic rings. The second-order valence-corrected chi connectivity index (χ2v) is 8.73. The van der Waals surface area contributed by atoms with Gasteiger partial charge >= 0.3 is 0 Å². The molecule has 5 nitrogen and oxygen atoms in total. The fraction of sp³-hybridized carbons (Fsp3) is 0.905. The molecule has 0 aliphatic carbocycles. The number of hydrogen-bond acceptors (Lipinski definition) is 3. The number of nitrogens with zero attached hydrogens (tertiary/aromatic N) is 3. The van der Waals surface area contributed by atoms with Crippen molar-refractivity contribution in [3.8, 4) is 0 Å². The highest BCUT2D eigenvalue weighted by Gasteiger charge is 2.32. The van der Waals surface area contributed by atoms with E-state index >= 15 is 0 Å². The molecular weight excluding hydrogens is 326 g/mol. The van der Waals surface area contributed by atoms with Crippen LogP contribution in [0, 0.1) is 11.8 Å². The van der Waals surface area contributed by atoms with Gasteiger partial charge in [-0.25, -0.2) is 0 Å². The van der Waals surface area contributed by atoms with Gasteiger partial charge in [-0.15, -0.1) is 0 Å². The van der Waals surface area contributed by atoms with Gasteiger partial charge in [0.25, 0.3) is 0 Å². The van der Waals surface area contributed by atoms with Crippen molar-refractivity contribution in [1.29, 1.82) is 0 Å². The number of amides is 2. The maximum Gasteiger partial charge on any atom is 0.236 e. The molecule has 0 aromatic carbocycles. The van der Waals surface area contributed by atoms with Gasteiger partial charge in [0, 0.05) is 32.1 Å². The smallest absolute Gasteiger partial charge is 0.236 e. The molecule has 0 radical (unpaired) electrons. The van der Waals surface area contributed by atoms with Gasteiger partial charge in [-0.3, -0.25) is 14.5 Å². The number of likely N-dealkylation sites (tertiary alicyclic amines) is 3. The molecule has 2 amide bonds. The van der Waals surface area contributed by atoms with Gasteiger partial charge in [-0.05, 0) is 57.5 Å². The minimum absolute atomic E-state index is 0.131. The molecule has 1 unspecified atom stereocenters. The van der Waals surface area contributed by atoms with Crippen molar-refractivity contribution in [2.75, 3.05) is 45.8 Å². The number of hydrogen-bond donors (Lipinski definition) is 0. The Balaban J connectivity index is 1.42. The van der Waals surface area contributed by atoms with Crippen LogP contribution in [0.5, 0.6) is 0 Å². The zero-order valence-corrected chi connectivity index (χ0v) is 16.6. The third-order valence-electron chi connectivity index (χ3n) is 6.47. The summed E-state index contributed by atoms with van der Waals surface area (Å²) in [5.41, 5.74) is 0. The van der Waals surface area contributed by atoms with Gasteiger partial charge in [-0.1, -0.05) is 26.2 Å². The van der Waals surface area contributed by atoms with Crippen molar-refractivity contribution in [1.82, 2.24) is 14.7 Å². The quantitative estimate of drug-likeness (QED) is 0.774. The van der Waals surface area contributed by atoms with Crippen LogP contribution in [0.15, 0.2) is 0 Å². The molecule has 3 aliphatic heterocycles. The van der Waals surface area contributed by atoms with Crippen molar-refractivity contribution in [3.63, 3.8) is 0 Å². The minimum atomic E-state index is 0.131. The third kappa shape index (κ3) is 5.45. The Morgan fingerprint density at radius 1 is 0.769 bits per heavy atom. The van der Waals surface area contributed by atoms with E-state index in [1.807, 2.05) is 4.90 Å². The molecule has 0 spiro atoms. The Morgan fingerprint density at radius 2 is 1.42 bits per heavy atom. The molecular formula is C21H37N3O2. The van der Waals surface area contributed by atoms with Gasteiger partial charge in [0.05, 0.1) is 6.54 Å². The standard InChI is InChI=1S/C21H37N3O2/c1-18-8-7-13-24(16-18)21(26)19-9-14-23(15-10-19)20(25)17-22-11-5-3-2-4-6-12-22/h18-19H,2-17H2,1H3. The van der Waals surface area contributed by atoms with E-state index in [1.54, 1.807) is 0 Å². The highest BCUT2D eigenvalue weighted by atomic mass is 16.2. The lowest BCUT2D eigenvalue weighted by atomic mass is 9.92. The molecule has 0 saturated carbocycles. The highest BCUT2D eigenvalue weighted by molar-refractivity contribution is 5.81. The Labute approximate surface area is 159 Å². The van der Waals surface area contributed by atoms with Gasteiger partial charge in [0.15, 0.2) is 0 Å². The Kier molecular flexibility index (Phi) is 7.35. The van der Waals surface area contributed by atoms with Crippen LogP contribution in [0.4, 0.5) is 0 Å². The highest BCUT2D eigenvalue weighted by Crippen LogP contribution is 2.24. The lowest BCUT2D eigenvalue weighted by Crippen LogP contribution is -2.48. The van der Waals surface area contributed by atoms with Crippen LogP contribution in [-0.4, -0.2) is 72.3 Å². The van der Waals surface area contributed by atoms with Crippen LogP contribution in [0.2, 0.25) is 0 Å². The number of carbonyl (C=O) groups excluding carboxylic acids is 2. The van der Waals surface area contributed by atoms with E-state index in [1.165, 1.54) is 38.5 Å². The number of carbonyl (C=O) groups is 2. The zero-order valence-electron chi connectivity index (χ0n) is 16.6. The first-order valence-corrected chi connectivity index (χ1v) is 10.9. The Morgan fingerprint density at radius 3 is 2.08 bits per heavy atom. The SMILES string of the molecule is CC1CCCN(C(=O)C2CCN(C(=O)CN3CCCCCCC3)CC2)C1. The monoisotopic (exact) mass is 363 g/mol. The minimum Gasteiger partial charge on any atom is -0.342 e. The van der Waals surface area contributed by atoms with E-state index < -0.39 is 0 Å². The maximum atomic E-state index is 12.8. The van der Waals surface area contributed by atoms with Crippen molar-refractivity contribution >= 4 is 11.8 Å². The summed E-state index contributed by atoms with van der Waals surface area (Å²) in [6, 6.07) is 0. The normalized spacial score (nSPS) is 27.0. The fourth-order valence-corrected chi connectivity index (χ4v) is 4.79. The molecule has 26 heavy (non-hydrogen) atoms. The first-order chi connectivity index (χ1) is 12.6. The van der Waals surface area contributed by atoms with E-state index in [0.29, 0.717) is 18.4 Å². The predicted octanol–water partition coefficient (Wildman–Crippen LogP) is 2.75. The lowest BCUT2D eigenvalue weighted by molar-refractivity contribution is -0.142.